The van der Waals surface area contributed by atoms with E-state index in [9.17, 15) is 18.8 Å². The number of alkyl halides is 1. The molecule has 5 aromatic rings. The lowest BCUT2D eigenvalue weighted by Crippen LogP contribution is -2.49. The van der Waals surface area contributed by atoms with Gasteiger partial charge in [0, 0.05) is 52.9 Å². The van der Waals surface area contributed by atoms with Crippen molar-refractivity contribution in [3.63, 3.8) is 0 Å². The molecule has 0 aliphatic carbocycles. The van der Waals surface area contributed by atoms with Gasteiger partial charge in [0.2, 0.25) is 17.6 Å². The molecule has 3 amide bonds. The molecule has 2 aliphatic heterocycles. The third-order valence-electron chi connectivity index (χ3n) is 8.20. The minimum absolute atomic E-state index is 0.0210. The Kier molecular flexibility index (Phi) is 6.77. The number of nitrogens with two attached hydrogens (primary N) is 1. The molecule has 0 bridgehead atoms. The van der Waals surface area contributed by atoms with Crippen LogP contribution in [0.25, 0.3) is 21.8 Å². The van der Waals surface area contributed by atoms with Gasteiger partial charge in [-0.15, -0.1) is 0 Å². The Morgan fingerprint density at radius 1 is 1.05 bits per heavy atom. The van der Waals surface area contributed by atoms with E-state index in [1.165, 1.54) is 15.1 Å². The second-order valence-electron chi connectivity index (χ2n) is 11.0. The van der Waals surface area contributed by atoms with Crippen LogP contribution in [0, 0.1) is 11.8 Å². The second-order valence-corrected chi connectivity index (χ2v) is 11.0. The summed E-state index contributed by atoms with van der Waals surface area (Å²) in [6.45, 7) is 0.363. The normalized spacial score (nSPS) is 17.8. The first-order valence-corrected chi connectivity index (χ1v) is 14.3. The van der Waals surface area contributed by atoms with Crippen molar-refractivity contribution in [2.24, 2.45) is 5.73 Å². The predicted molar refractivity (Wildman–Crippen MR) is 159 cm³/mol. The van der Waals surface area contributed by atoms with Crippen LogP contribution in [0.1, 0.15) is 39.6 Å². The number of fused-ring (bicyclic) bond motifs is 4. The van der Waals surface area contributed by atoms with Crippen LogP contribution in [0.3, 0.4) is 0 Å². The molecule has 2 atom stereocenters. The van der Waals surface area contributed by atoms with E-state index in [0.717, 1.165) is 16.6 Å². The SMILES string of the molecule is NC(=O)c1nn(CC(=O)N2C[C@H](F)C[C@H]2C(=O)N2CCc3c([nH]c4ccccc34)C2)c2ccc(C#Cc3ncccn3)cc12. The Labute approximate surface area is 250 Å². The number of halogens is 1. The van der Waals surface area contributed by atoms with E-state index >= 15 is 0 Å². The fourth-order valence-electron chi connectivity index (χ4n) is 6.16. The summed E-state index contributed by atoms with van der Waals surface area (Å²) in [4.78, 5) is 54.1. The summed E-state index contributed by atoms with van der Waals surface area (Å²) in [5, 5.41) is 5.88. The molecule has 0 radical (unpaired) electrons. The van der Waals surface area contributed by atoms with Gasteiger partial charge in [0.25, 0.3) is 5.91 Å². The molecule has 3 N–H and O–H groups in total. The summed E-state index contributed by atoms with van der Waals surface area (Å²) in [6.07, 6.45) is 2.45. The van der Waals surface area contributed by atoms with Crippen LogP contribution in [-0.4, -0.2) is 77.6 Å². The molecule has 7 rings (SSSR count). The average Bonchev–Trinajstić information content (AvgIpc) is 3.72. The van der Waals surface area contributed by atoms with E-state index in [2.05, 4.69) is 38.0 Å². The van der Waals surface area contributed by atoms with E-state index in [1.807, 2.05) is 18.2 Å². The van der Waals surface area contributed by atoms with Gasteiger partial charge >= 0.3 is 0 Å². The lowest BCUT2D eigenvalue weighted by molar-refractivity contribution is -0.144. The maximum atomic E-state index is 14.8. The standard InChI is InChI=1S/C32H27FN8O3/c33-20-15-27(32(44)39-13-10-22-21-4-1-2-5-24(21)37-25(22)17-39)40(16-20)29(42)18-41-26-8-6-19(7-9-28-35-11-3-12-36-28)14-23(26)30(38-41)31(34)43/h1-6,8,11-12,14,20,27,37H,10,13,15-18H2,(H2,34,43)/t20-,27+/m1/s1. The van der Waals surface area contributed by atoms with Gasteiger partial charge in [-0.05, 0) is 48.2 Å². The molecule has 12 heteroatoms. The second kappa shape index (κ2) is 10.9. The molecule has 1 saturated heterocycles. The minimum Gasteiger partial charge on any atom is -0.364 e. The lowest BCUT2D eigenvalue weighted by atomic mass is 10.0. The Morgan fingerprint density at radius 2 is 1.86 bits per heavy atom. The van der Waals surface area contributed by atoms with Crippen molar-refractivity contribution >= 4 is 39.5 Å². The molecule has 5 heterocycles. The van der Waals surface area contributed by atoms with Crippen LogP contribution in [0.4, 0.5) is 4.39 Å². The maximum Gasteiger partial charge on any atom is 0.269 e. The number of hydrogen-bond acceptors (Lipinski definition) is 6. The fourth-order valence-corrected chi connectivity index (χ4v) is 6.16. The number of nitrogens with zero attached hydrogens (tertiary/aromatic N) is 6. The third-order valence-corrected chi connectivity index (χ3v) is 8.20. The zero-order chi connectivity index (χ0) is 30.4. The first kappa shape index (κ1) is 27.3. The van der Waals surface area contributed by atoms with Crippen LogP contribution >= 0.6 is 0 Å². The third kappa shape index (κ3) is 4.92. The molecule has 0 saturated carbocycles. The van der Waals surface area contributed by atoms with Gasteiger partial charge in [-0.1, -0.05) is 24.1 Å². The quantitative estimate of drug-likeness (QED) is 0.308. The van der Waals surface area contributed by atoms with Gasteiger partial charge < -0.3 is 20.5 Å². The molecule has 0 unspecified atom stereocenters. The lowest BCUT2D eigenvalue weighted by Gasteiger charge is -2.32. The van der Waals surface area contributed by atoms with E-state index in [-0.39, 0.29) is 31.1 Å². The highest BCUT2D eigenvalue weighted by Crippen LogP contribution is 2.30. The Bertz CT molecular complexity index is 2010. The van der Waals surface area contributed by atoms with Gasteiger partial charge in [0.05, 0.1) is 18.6 Å². The minimum atomic E-state index is -1.33. The van der Waals surface area contributed by atoms with Crippen molar-refractivity contribution in [3.8, 4) is 11.8 Å². The van der Waals surface area contributed by atoms with Crippen molar-refractivity contribution in [2.45, 2.75) is 38.1 Å². The van der Waals surface area contributed by atoms with Gasteiger partial charge in [-0.3, -0.25) is 19.1 Å². The summed E-state index contributed by atoms with van der Waals surface area (Å²) in [5.41, 5.74) is 9.81. The number of rotatable bonds is 4. The van der Waals surface area contributed by atoms with E-state index in [0.29, 0.717) is 41.8 Å². The number of aromatic nitrogens is 5. The first-order valence-electron chi connectivity index (χ1n) is 14.3. The highest BCUT2D eigenvalue weighted by molar-refractivity contribution is 6.04. The fraction of sp³-hybridized carbons (Fsp3) is 0.250. The molecule has 2 aromatic carbocycles. The number of primary amides is 1. The smallest absolute Gasteiger partial charge is 0.269 e. The van der Waals surface area contributed by atoms with Crippen LogP contribution < -0.4 is 5.73 Å². The van der Waals surface area contributed by atoms with E-state index in [4.69, 9.17) is 5.73 Å². The van der Waals surface area contributed by atoms with Gasteiger partial charge in [0.1, 0.15) is 18.8 Å². The number of carbonyl (C=O) groups is 3. The number of para-hydroxylation sites is 1. The summed E-state index contributed by atoms with van der Waals surface area (Å²) in [6, 6.07) is 13.8. The number of H-pyrrole nitrogens is 1. The highest BCUT2D eigenvalue weighted by Gasteiger charge is 2.42. The van der Waals surface area contributed by atoms with Crippen molar-refractivity contribution in [3.05, 3.63) is 89.3 Å². The monoisotopic (exact) mass is 590 g/mol. The van der Waals surface area contributed by atoms with Crippen molar-refractivity contribution < 1.29 is 18.8 Å². The van der Waals surface area contributed by atoms with Gasteiger partial charge in [-0.2, -0.15) is 5.10 Å². The Balaban J connectivity index is 1.12. The van der Waals surface area contributed by atoms with Crippen molar-refractivity contribution in [1.29, 1.82) is 0 Å². The molecule has 44 heavy (non-hydrogen) atoms. The number of benzene rings is 2. The van der Waals surface area contributed by atoms with E-state index in [1.54, 1.807) is 41.6 Å². The van der Waals surface area contributed by atoms with Crippen LogP contribution in [0.5, 0.6) is 0 Å². The Hall–Kier alpha value is -5.57. The van der Waals surface area contributed by atoms with Crippen LogP contribution in [-0.2, 0) is 29.1 Å². The topological polar surface area (TPSA) is 143 Å². The molecule has 0 spiro atoms. The Morgan fingerprint density at radius 3 is 2.68 bits per heavy atom. The number of likely N-dealkylation sites (tertiary alicyclic amines) is 1. The summed E-state index contributed by atoms with van der Waals surface area (Å²) in [7, 11) is 0. The zero-order valence-corrected chi connectivity index (χ0v) is 23.5. The van der Waals surface area contributed by atoms with Crippen LogP contribution in [0.15, 0.2) is 60.9 Å². The van der Waals surface area contributed by atoms with Crippen molar-refractivity contribution in [1.82, 2.24) is 34.5 Å². The molecular formula is C32H27FN8O3. The van der Waals surface area contributed by atoms with Crippen LogP contribution in [0.2, 0.25) is 0 Å². The largest absolute Gasteiger partial charge is 0.364 e. The number of amides is 3. The number of nitrogens with one attached hydrogen (secondary N) is 1. The number of hydrogen-bond donors (Lipinski definition) is 2. The zero-order valence-electron chi connectivity index (χ0n) is 23.5. The average molecular weight is 591 g/mol. The summed E-state index contributed by atoms with van der Waals surface area (Å²) < 4.78 is 16.1. The van der Waals surface area contributed by atoms with Crippen molar-refractivity contribution in [2.75, 3.05) is 13.1 Å². The molecule has 2 aliphatic rings. The highest BCUT2D eigenvalue weighted by atomic mass is 19.1. The molecule has 3 aromatic heterocycles. The summed E-state index contributed by atoms with van der Waals surface area (Å²) >= 11 is 0. The number of aromatic amines is 1. The molecule has 11 nitrogen and oxygen atoms in total. The molecule has 220 valence electrons. The maximum absolute atomic E-state index is 14.8. The predicted octanol–water partition coefficient (Wildman–Crippen LogP) is 2.33. The van der Waals surface area contributed by atoms with Gasteiger partial charge in [0.15, 0.2) is 5.69 Å². The number of carbonyl (C=O) groups excluding carboxylic acids is 3. The summed E-state index contributed by atoms with van der Waals surface area (Å²) in [5.74, 6) is 4.64. The van der Waals surface area contributed by atoms with E-state index < -0.39 is 24.0 Å². The molecule has 1 fully saturated rings. The first-order chi connectivity index (χ1) is 21.4. The van der Waals surface area contributed by atoms with Gasteiger partial charge in [-0.25, -0.2) is 14.4 Å². The molecular weight excluding hydrogens is 563 g/mol.